The van der Waals surface area contributed by atoms with Crippen LogP contribution in [-0.4, -0.2) is 29.6 Å². The highest BCUT2D eigenvalue weighted by Gasteiger charge is 2.14. The van der Waals surface area contributed by atoms with E-state index in [2.05, 4.69) is 5.32 Å². The van der Waals surface area contributed by atoms with Crippen LogP contribution >= 0.6 is 11.6 Å². The van der Waals surface area contributed by atoms with Crippen molar-refractivity contribution in [3.05, 3.63) is 28.8 Å². The van der Waals surface area contributed by atoms with Gasteiger partial charge in [-0.05, 0) is 32.0 Å². The second kappa shape index (κ2) is 6.26. The quantitative estimate of drug-likeness (QED) is 0.818. The van der Waals surface area contributed by atoms with Crippen molar-refractivity contribution in [1.29, 1.82) is 0 Å². The second-order valence-corrected chi connectivity index (χ2v) is 4.40. The molecule has 0 saturated heterocycles. The Morgan fingerprint density at radius 2 is 2.11 bits per heavy atom. The van der Waals surface area contributed by atoms with Gasteiger partial charge in [0.25, 0.3) is 5.91 Å². The van der Waals surface area contributed by atoms with Crippen LogP contribution in [0, 0.1) is 0 Å². The standard InChI is InChI=1S/C12H14ClNO4/c1-7(2)14-11(16)6-18-12(17)9-4-3-8(13)5-10(9)15/h3-5,7,15H,6H2,1-2H3,(H,14,16). The maximum atomic E-state index is 11.6. The molecule has 1 aromatic rings. The number of phenols is 1. The molecule has 0 aromatic heterocycles. The molecule has 0 heterocycles. The van der Waals surface area contributed by atoms with Crippen LogP contribution in [0.15, 0.2) is 18.2 Å². The third-order valence-electron chi connectivity index (χ3n) is 1.96. The lowest BCUT2D eigenvalue weighted by Crippen LogP contribution is -2.33. The molecule has 0 atom stereocenters. The molecule has 0 aliphatic rings. The molecule has 0 fully saturated rings. The summed E-state index contributed by atoms with van der Waals surface area (Å²) in [6, 6.07) is 3.98. The Morgan fingerprint density at radius 1 is 1.44 bits per heavy atom. The zero-order valence-corrected chi connectivity index (χ0v) is 10.8. The lowest BCUT2D eigenvalue weighted by molar-refractivity contribution is -0.124. The molecule has 0 radical (unpaired) electrons. The average Bonchev–Trinajstić information content (AvgIpc) is 2.25. The zero-order chi connectivity index (χ0) is 13.7. The van der Waals surface area contributed by atoms with E-state index in [1.807, 2.05) is 0 Å². The van der Waals surface area contributed by atoms with Crippen LogP contribution < -0.4 is 5.32 Å². The number of amides is 1. The molecule has 0 saturated carbocycles. The summed E-state index contributed by atoms with van der Waals surface area (Å²) in [7, 11) is 0. The van der Waals surface area contributed by atoms with Gasteiger partial charge in [-0.2, -0.15) is 0 Å². The van der Waals surface area contributed by atoms with Crippen LogP contribution in [0.2, 0.25) is 5.02 Å². The topological polar surface area (TPSA) is 75.6 Å². The Bertz CT molecular complexity index is 459. The summed E-state index contributed by atoms with van der Waals surface area (Å²) in [4.78, 5) is 22.8. The average molecular weight is 272 g/mol. The lowest BCUT2D eigenvalue weighted by atomic mass is 10.2. The van der Waals surface area contributed by atoms with Gasteiger partial charge in [-0.1, -0.05) is 11.6 Å². The fourth-order valence-electron chi connectivity index (χ4n) is 1.25. The fourth-order valence-corrected chi connectivity index (χ4v) is 1.42. The largest absolute Gasteiger partial charge is 0.507 e. The number of phenolic OH excluding ortho intramolecular Hbond substituents is 1. The van der Waals surface area contributed by atoms with Gasteiger partial charge in [0.15, 0.2) is 6.61 Å². The normalized spacial score (nSPS) is 10.2. The molecule has 1 rings (SSSR count). The van der Waals surface area contributed by atoms with E-state index < -0.39 is 11.9 Å². The Balaban J connectivity index is 2.58. The number of halogens is 1. The maximum absolute atomic E-state index is 11.6. The van der Waals surface area contributed by atoms with Gasteiger partial charge in [-0.25, -0.2) is 4.79 Å². The van der Waals surface area contributed by atoms with Crippen molar-refractivity contribution in [1.82, 2.24) is 5.32 Å². The molecule has 18 heavy (non-hydrogen) atoms. The van der Waals surface area contributed by atoms with Gasteiger partial charge < -0.3 is 15.2 Å². The minimum absolute atomic E-state index is 0.0277. The minimum Gasteiger partial charge on any atom is -0.507 e. The molecule has 98 valence electrons. The number of ether oxygens (including phenoxy) is 1. The second-order valence-electron chi connectivity index (χ2n) is 3.96. The third-order valence-corrected chi connectivity index (χ3v) is 2.20. The first-order valence-corrected chi connectivity index (χ1v) is 5.73. The van der Waals surface area contributed by atoms with E-state index in [-0.39, 0.29) is 24.0 Å². The molecule has 5 nitrogen and oxygen atoms in total. The number of hydrogen-bond acceptors (Lipinski definition) is 4. The van der Waals surface area contributed by atoms with Crippen LogP contribution in [-0.2, 0) is 9.53 Å². The third kappa shape index (κ3) is 4.25. The monoisotopic (exact) mass is 271 g/mol. The first kappa shape index (κ1) is 14.3. The number of esters is 1. The predicted molar refractivity (Wildman–Crippen MR) is 66.7 cm³/mol. The molecule has 0 aliphatic carbocycles. The van der Waals surface area contributed by atoms with Crippen LogP contribution in [0.4, 0.5) is 0 Å². The van der Waals surface area contributed by atoms with E-state index in [0.717, 1.165) is 0 Å². The van der Waals surface area contributed by atoms with E-state index in [1.165, 1.54) is 18.2 Å². The van der Waals surface area contributed by atoms with Crippen molar-refractivity contribution in [2.45, 2.75) is 19.9 Å². The van der Waals surface area contributed by atoms with Crippen LogP contribution in [0.5, 0.6) is 5.75 Å². The zero-order valence-electron chi connectivity index (χ0n) is 10.1. The Kier molecular flexibility index (Phi) is 4.97. The fraction of sp³-hybridized carbons (Fsp3) is 0.333. The number of rotatable bonds is 4. The van der Waals surface area contributed by atoms with E-state index in [9.17, 15) is 14.7 Å². The van der Waals surface area contributed by atoms with Gasteiger partial charge in [0, 0.05) is 11.1 Å². The molecular formula is C12H14ClNO4. The van der Waals surface area contributed by atoms with Gasteiger partial charge in [-0.15, -0.1) is 0 Å². The number of carbonyl (C=O) groups excluding carboxylic acids is 2. The number of aromatic hydroxyl groups is 1. The summed E-state index contributed by atoms with van der Waals surface area (Å²) in [6.45, 7) is 3.20. The number of hydrogen-bond donors (Lipinski definition) is 2. The predicted octanol–water partition coefficient (Wildman–Crippen LogP) is 1.73. The van der Waals surface area contributed by atoms with Gasteiger partial charge in [0.1, 0.15) is 11.3 Å². The number of nitrogens with one attached hydrogen (secondary N) is 1. The molecular weight excluding hydrogens is 258 g/mol. The smallest absolute Gasteiger partial charge is 0.342 e. The van der Waals surface area contributed by atoms with E-state index >= 15 is 0 Å². The minimum atomic E-state index is -0.775. The molecule has 0 bridgehead atoms. The molecule has 1 aromatic carbocycles. The summed E-state index contributed by atoms with van der Waals surface area (Å²) in [5, 5.41) is 12.4. The van der Waals surface area contributed by atoms with Crippen LogP contribution in [0.25, 0.3) is 0 Å². The maximum Gasteiger partial charge on any atom is 0.342 e. The summed E-state index contributed by atoms with van der Waals surface area (Å²) in [6.07, 6.45) is 0. The van der Waals surface area contributed by atoms with E-state index in [1.54, 1.807) is 13.8 Å². The molecule has 2 N–H and O–H groups in total. The first-order valence-electron chi connectivity index (χ1n) is 5.35. The lowest BCUT2D eigenvalue weighted by Gasteiger charge is -2.09. The first-order chi connectivity index (χ1) is 8.40. The molecule has 6 heteroatoms. The SMILES string of the molecule is CC(C)NC(=O)COC(=O)c1ccc(Cl)cc1O. The Labute approximate surface area is 110 Å². The Morgan fingerprint density at radius 3 is 2.67 bits per heavy atom. The van der Waals surface area contributed by atoms with Gasteiger partial charge in [0.05, 0.1) is 0 Å². The highest BCUT2D eigenvalue weighted by molar-refractivity contribution is 6.30. The summed E-state index contributed by atoms with van der Waals surface area (Å²) >= 11 is 5.63. The van der Waals surface area contributed by atoms with Crippen LogP contribution in [0.3, 0.4) is 0 Å². The van der Waals surface area contributed by atoms with Crippen molar-refractivity contribution in [3.63, 3.8) is 0 Å². The van der Waals surface area contributed by atoms with Crippen molar-refractivity contribution in [3.8, 4) is 5.75 Å². The molecule has 0 unspecified atom stereocenters. The molecule has 1 amide bonds. The van der Waals surface area contributed by atoms with Gasteiger partial charge in [0.2, 0.25) is 0 Å². The van der Waals surface area contributed by atoms with Crippen molar-refractivity contribution in [2.24, 2.45) is 0 Å². The highest BCUT2D eigenvalue weighted by atomic mass is 35.5. The van der Waals surface area contributed by atoms with Crippen molar-refractivity contribution in [2.75, 3.05) is 6.61 Å². The summed E-state index contributed by atoms with van der Waals surface area (Å²) in [5.41, 5.74) is -0.0308. The van der Waals surface area contributed by atoms with Crippen LogP contribution in [0.1, 0.15) is 24.2 Å². The van der Waals surface area contributed by atoms with Gasteiger partial charge >= 0.3 is 5.97 Å². The molecule has 0 aliphatic heterocycles. The number of benzene rings is 1. The number of carbonyl (C=O) groups is 2. The van der Waals surface area contributed by atoms with E-state index in [0.29, 0.717) is 5.02 Å². The Hall–Kier alpha value is -1.75. The van der Waals surface area contributed by atoms with Crippen molar-refractivity contribution < 1.29 is 19.4 Å². The molecule has 0 spiro atoms. The summed E-state index contributed by atoms with van der Waals surface area (Å²) < 4.78 is 4.76. The summed E-state index contributed by atoms with van der Waals surface area (Å²) in [5.74, 6) is -1.45. The highest BCUT2D eigenvalue weighted by Crippen LogP contribution is 2.22. The van der Waals surface area contributed by atoms with Crippen molar-refractivity contribution >= 4 is 23.5 Å². The van der Waals surface area contributed by atoms with Gasteiger partial charge in [-0.3, -0.25) is 4.79 Å². The van der Waals surface area contributed by atoms with E-state index in [4.69, 9.17) is 16.3 Å².